The molecule has 0 heterocycles. The van der Waals surface area contributed by atoms with Crippen molar-refractivity contribution >= 4 is 0 Å². The highest BCUT2D eigenvalue weighted by Crippen LogP contribution is 2.16. The summed E-state index contributed by atoms with van der Waals surface area (Å²) >= 11 is 0. The second-order valence-electron chi connectivity index (χ2n) is 3.32. The molecule has 0 heteroatoms. The standard InChI is InChI=1S/C12H18.C2H6/c1-4-7-12-10(3)8-6-9-11(12)5-2;1-2/h6,8-9H,4-5,7H2,1-3H3;1-2H3. The zero-order valence-corrected chi connectivity index (χ0v) is 10.4. The summed E-state index contributed by atoms with van der Waals surface area (Å²) in [7, 11) is 0. The Hall–Kier alpha value is -0.780. The van der Waals surface area contributed by atoms with Crippen LogP contribution in [0, 0.1) is 6.92 Å². The molecule has 0 aromatic heterocycles. The zero-order valence-electron chi connectivity index (χ0n) is 10.4. The third kappa shape index (κ3) is 3.53. The summed E-state index contributed by atoms with van der Waals surface area (Å²) in [5.74, 6) is 0. The lowest BCUT2D eigenvalue weighted by molar-refractivity contribution is 0.889. The fourth-order valence-electron chi connectivity index (χ4n) is 1.70. The van der Waals surface area contributed by atoms with Crippen LogP contribution in [0.1, 0.15) is 50.8 Å². The first kappa shape index (κ1) is 13.2. The molecule has 0 unspecified atom stereocenters. The zero-order chi connectivity index (χ0) is 11.0. The van der Waals surface area contributed by atoms with E-state index in [-0.39, 0.29) is 0 Å². The minimum Gasteiger partial charge on any atom is -0.0683 e. The first-order valence-corrected chi connectivity index (χ1v) is 5.87. The van der Waals surface area contributed by atoms with Crippen LogP contribution >= 0.6 is 0 Å². The van der Waals surface area contributed by atoms with Crippen molar-refractivity contribution in [1.82, 2.24) is 0 Å². The van der Waals surface area contributed by atoms with Crippen LogP contribution in [0.25, 0.3) is 0 Å². The lowest BCUT2D eigenvalue weighted by Gasteiger charge is -2.09. The summed E-state index contributed by atoms with van der Waals surface area (Å²) in [5, 5.41) is 0. The first-order chi connectivity index (χ1) is 6.79. The molecule has 0 amide bonds. The second-order valence-corrected chi connectivity index (χ2v) is 3.32. The molecule has 0 aliphatic heterocycles. The van der Waals surface area contributed by atoms with Gasteiger partial charge in [-0.25, -0.2) is 0 Å². The highest BCUT2D eigenvalue weighted by molar-refractivity contribution is 5.34. The fraction of sp³-hybridized carbons (Fsp3) is 0.571. The van der Waals surface area contributed by atoms with E-state index in [4.69, 9.17) is 0 Å². The molecule has 0 radical (unpaired) electrons. The molecule has 1 rings (SSSR count). The van der Waals surface area contributed by atoms with Gasteiger partial charge in [-0.15, -0.1) is 0 Å². The van der Waals surface area contributed by atoms with Gasteiger partial charge in [0.25, 0.3) is 0 Å². The lowest BCUT2D eigenvalue weighted by Crippen LogP contribution is -1.95. The molecule has 0 N–H and O–H groups in total. The van der Waals surface area contributed by atoms with Gasteiger partial charge in [-0.3, -0.25) is 0 Å². The van der Waals surface area contributed by atoms with Crippen LogP contribution in [0.3, 0.4) is 0 Å². The van der Waals surface area contributed by atoms with Gasteiger partial charge in [-0.1, -0.05) is 52.3 Å². The molecule has 0 spiro atoms. The van der Waals surface area contributed by atoms with E-state index in [0.717, 1.165) is 6.42 Å². The van der Waals surface area contributed by atoms with Gasteiger partial charge in [0.1, 0.15) is 0 Å². The molecular formula is C14H24. The highest BCUT2D eigenvalue weighted by Gasteiger charge is 2.01. The molecule has 1 aromatic carbocycles. The third-order valence-corrected chi connectivity index (χ3v) is 2.39. The average Bonchev–Trinajstić information content (AvgIpc) is 2.24. The topological polar surface area (TPSA) is 0 Å². The second kappa shape index (κ2) is 7.61. The van der Waals surface area contributed by atoms with Crippen molar-refractivity contribution in [3.8, 4) is 0 Å². The summed E-state index contributed by atoms with van der Waals surface area (Å²) < 4.78 is 0. The van der Waals surface area contributed by atoms with E-state index in [9.17, 15) is 0 Å². The molecule has 14 heavy (non-hydrogen) atoms. The maximum atomic E-state index is 2.25. The molecular weight excluding hydrogens is 168 g/mol. The van der Waals surface area contributed by atoms with Gasteiger partial charge < -0.3 is 0 Å². The summed E-state index contributed by atoms with van der Waals surface area (Å²) in [4.78, 5) is 0. The van der Waals surface area contributed by atoms with E-state index in [1.165, 1.54) is 24.0 Å². The Morgan fingerprint density at radius 1 is 1.07 bits per heavy atom. The SMILES string of the molecule is CC.CCCc1c(C)cccc1CC. The molecule has 0 fully saturated rings. The molecule has 80 valence electrons. The van der Waals surface area contributed by atoms with Crippen molar-refractivity contribution in [2.75, 3.05) is 0 Å². The first-order valence-electron chi connectivity index (χ1n) is 5.87. The predicted octanol–water partition coefficient (Wildman–Crippen LogP) is 4.54. The minimum atomic E-state index is 1.16. The van der Waals surface area contributed by atoms with E-state index in [1.807, 2.05) is 13.8 Å². The van der Waals surface area contributed by atoms with E-state index in [0.29, 0.717) is 0 Å². The number of rotatable bonds is 3. The summed E-state index contributed by atoms with van der Waals surface area (Å²) in [6.07, 6.45) is 3.64. The van der Waals surface area contributed by atoms with E-state index in [1.54, 1.807) is 5.56 Å². The largest absolute Gasteiger partial charge is 0.0683 e. The molecule has 0 bridgehead atoms. The van der Waals surface area contributed by atoms with Crippen LogP contribution in [0.15, 0.2) is 18.2 Å². The van der Waals surface area contributed by atoms with Gasteiger partial charge in [0.2, 0.25) is 0 Å². The normalized spacial score (nSPS) is 9.21. The van der Waals surface area contributed by atoms with Crippen LogP contribution < -0.4 is 0 Å². The Morgan fingerprint density at radius 2 is 1.71 bits per heavy atom. The van der Waals surface area contributed by atoms with Gasteiger partial charge in [0, 0.05) is 0 Å². The van der Waals surface area contributed by atoms with Crippen LogP contribution in [0.5, 0.6) is 0 Å². The maximum absolute atomic E-state index is 2.25. The smallest absolute Gasteiger partial charge is 0.0276 e. The van der Waals surface area contributed by atoms with Gasteiger partial charge >= 0.3 is 0 Å². The Labute approximate surface area is 89.4 Å². The Bertz CT molecular complexity index is 248. The fourth-order valence-corrected chi connectivity index (χ4v) is 1.70. The average molecular weight is 192 g/mol. The van der Waals surface area contributed by atoms with Crippen molar-refractivity contribution in [3.05, 3.63) is 34.9 Å². The van der Waals surface area contributed by atoms with E-state index < -0.39 is 0 Å². The molecule has 0 nitrogen and oxygen atoms in total. The lowest BCUT2D eigenvalue weighted by atomic mass is 9.97. The predicted molar refractivity (Wildman–Crippen MR) is 65.9 cm³/mol. The molecule has 0 aliphatic rings. The summed E-state index contributed by atoms with van der Waals surface area (Å²) in [6, 6.07) is 6.62. The third-order valence-electron chi connectivity index (χ3n) is 2.39. The van der Waals surface area contributed by atoms with E-state index in [2.05, 4.69) is 39.0 Å². The summed E-state index contributed by atoms with van der Waals surface area (Å²) in [6.45, 7) is 10.7. The molecule has 0 saturated heterocycles. The Balaban J connectivity index is 0.000000791. The van der Waals surface area contributed by atoms with Crippen LogP contribution in [-0.4, -0.2) is 0 Å². The maximum Gasteiger partial charge on any atom is -0.0276 e. The quantitative estimate of drug-likeness (QED) is 0.659. The Morgan fingerprint density at radius 3 is 2.21 bits per heavy atom. The number of hydrogen-bond acceptors (Lipinski definition) is 0. The van der Waals surface area contributed by atoms with Crippen LogP contribution in [0.2, 0.25) is 0 Å². The van der Waals surface area contributed by atoms with Crippen LogP contribution in [0.4, 0.5) is 0 Å². The number of hydrogen-bond donors (Lipinski definition) is 0. The van der Waals surface area contributed by atoms with E-state index >= 15 is 0 Å². The van der Waals surface area contributed by atoms with Crippen molar-refractivity contribution in [3.63, 3.8) is 0 Å². The van der Waals surface area contributed by atoms with Crippen molar-refractivity contribution < 1.29 is 0 Å². The van der Waals surface area contributed by atoms with Gasteiger partial charge in [-0.05, 0) is 36.5 Å². The molecule has 0 saturated carbocycles. The van der Waals surface area contributed by atoms with Gasteiger partial charge in [0.15, 0.2) is 0 Å². The van der Waals surface area contributed by atoms with Gasteiger partial charge in [0.05, 0.1) is 0 Å². The van der Waals surface area contributed by atoms with Crippen molar-refractivity contribution in [2.45, 2.75) is 53.9 Å². The minimum absolute atomic E-state index is 1.16. The van der Waals surface area contributed by atoms with Crippen molar-refractivity contribution in [1.29, 1.82) is 0 Å². The molecule has 1 aromatic rings. The molecule has 0 aliphatic carbocycles. The monoisotopic (exact) mass is 192 g/mol. The van der Waals surface area contributed by atoms with Crippen LogP contribution in [-0.2, 0) is 12.8 Å². The summed E-state index contributed by atoms with van der Waals surface area (Å²) in [5.41, 5.74) is 4.55. The van der Waals surface area contributed by atoms with Crippen molar-refractivity contribution in [2.24, 2.45) is 0 Å². The number of benzene rings is 1. The van der Waals surface area contributed by atoms with Gasteiger partial charge in [-0.2, -0.15) is 0 Å². The highest BCUT2D eigenvalue weighted by atomic mass is 14.1. The molecule has 0 atom stereocenters. The Kier molecular flexibility index (Phi) is 7.18. The number of aryl methyl sites for hydroxylation is 2.